The lowest BCUT2D eigenvalue weighted by Gasteiger charge is -2.25. The molecule has 0 bridgehead atoms. The zero-order valence-electron chi connectivity index (χ0n) is 12.3. The molecular weight excluding hydrogens is 232 g/mol. The first-order valence-corrected chi connectivity index (χ1v) is 6.32. The van der Waals surface area contributed by atoms with E-state index in [4.69, 9.17) is 10.5 Å². The van der Waals surface area contributed by atoms with E-state index in [1.807, 2.05) is 0 Å². The van der Waals surface area contributed by atoms with Gasteiger partial charge in [-0.1, -0.05) is 20.8 Å². The molecule has 0 aliphatic carbocycles. The van der Waals surface area contributed by atoms with Crippen molar-refractivity contribution < 1.29 is 14.6 Å². The van der Waals surface area contributed by atoms with Crippen molar-refractivity contribution >= 4 is 5.91 Å². The molecule has 0 heterocycles. The van der Waals surface area contributed by atoms with Crippen molar-refractivity contribution in [2.45, 2.75) is 45.8 Å². The van der Waals surface area contributed by atoms with Crippen molar-refractivity contribution in [3.05, 3.63) is 0 Å². The van der Waals surface area contributed by atoms with Gasteiger partial charge in [0.25, 0.3) is 0 Å². The molecule has 0 fully saturated rings. The van der Waals surface area contributed by atoms with Crippen LogP contribution in [0, 0.1) is 5.41 Å². The summed E-state index contributed by atoms with van der Waals surface area (Å²) in [6, 6.07) is -0.139. The van der Waals surface area contributed by atoms with E-state index in [0.717, 1.165) is 6.42 Å². The molecule has 18 heavy (non-hydrogen) atoms. The third-order valence-electron chi connectivity index (χ3n) is 2.58. The molecule has 0 saturated carbocycles. The molecule has 108 valence electrons. The molecule has 3 N–H and O–H groups in total. The number of hydrogen-bond donors (Lipinski definition) is 2. The van der Waals surface area contributed by atoms with Crippen molar-refractivity contribution in [1.82, 2.24) is 4.90 Å². The number of aliphatic hydroxyl groups excluding tert-OH is 1. The number of hydrogen-bond acceptors (Lipinski definition) is 4. The minimum absolute atomic E-state index is 0.0399. The third kappa shape index (κ3) is 8.44. The van der Waals surface area contributed by atoms with Crippen LogP contribution in [-0.2, 0) is 9.53 Å². The highest BCUT2D eigenvalue weighted by molar-refractivity contribution is 5.76. The molecule has 1 amide bonds. The maximum atomic E-state index is 11.9. The van der Waals surface area contributed by atoms with Crippen molar-refractivity contribution in [2.24, 2.45) is 11.1 Å². The number of nitrogens with zero attached hydrogens (tertiary/aromatic N) is 1. The highest BCUT2D eigenvalue weighted by atomic mass is 16.5. The Balaban J connectivity index is 4.07. The van der Waals surface area contributed by atoms with Gasteiger partial charge in [-0.05, 0) is 11.8 Å². The molecule has 0 aliphatic heterocycles. The molecule has 0 saturated heterocycles. The molecule has 5 heteroatoms. The summed E-state index contributed by atoms with van der Waals surface area (Å²) in [6.45, 7) is 6.80. The van der Waals surface area contributed by atoms with Gasteiger partial charge < -0.3 is 20.5 Å². The molecule has 0 radical (unpaired) electrons. The van der Waals surface area contributed by atoms with E-state index in [9.17, 15) is 9.90 Å². The molecule has 0 rings (SSSR count). The Bertz CT molecular complexity index is 251. The van der Waals surface area contributed by atoms with Crippen LogP contribution in [0.5, 0.6) is 0 Å². The Labute approximate surface area is 110 Å². The Morgan fingerprint density at radius 3 is 2.44 bits per heavy atom. The predicted octanol–water partition coefficient (Wildman–Crippen LogP) is 0.606. The fraction of sp³-hybridized carbons (Fsp3) is 0.923. The standard InChI is InChI=1S/C13H28N2O3/c1-13(2,3)7-10(14)6-12(17)15(4)8-11(16)9-18-5/h10-11,16H,6-9,14H2,1-5H3. The van der Waals surface area contributed by atoms with Gasteiger partial charge in [0.2, 0.25) is 5.91 Å². The summed E-state index contributed by atoms with van der Waals surface area (Å²) in [4.78, 5) is 13.4. The van der Waals surface area contributed by atoms with Gasteiger partial charge in [-0.3, -0.25) is 4.79 Å². The zero-order valence-corrected chi connectivity index (χ0v) is 12.3. The van der Waals surface area contributed by atoms with Crippen LogP contribution in [-0.4, -0.2) is 55.4 Å². The van der Waals surface area contributed by atoms with Crippen molar-refractivity contribution in [1.29, 1.82) is 0 Å². The molecule has 0 aromatic carbocycles. The molecule has 0 aliphatic rings. The average Bonchev–Trinajstić information content (AvgIpc) is 2.14. The van der Waals surface area contributed by atoms with E-state index in [-0.39, 0.29) is 30.5 Å². The lowest BCUT2D eigenvalue weighted by atomic mass is 9.87. The lowest BCUT2D eigenvalue weighted by Crippen LogP contribution is -2.39. The van der Waals surface area contributed by atoms with E-state index < -0.39 is 6.10 Å². The van der Waals surface area contributed by atoms with E-state index >= 15 is 0 Å². The highest BCUT2D eigenvalue weighted by Gasteiger charge is 2.20. The van der Waals surface area contributed by atoms with Crippen LogP contribution in [0.25, 0.3) is 0 Å². The Morgan fingerprint density at radius 1 is 1.44 bits per heavy atom. The lowest BCUT2D eigenvalue weighted by molar-refractivity contribution is -0.132. The van der Waals surface area contributed by atoms with Gasteiger partial charge in [0, 0.05) is 33.2 Å². The summed E-state index contributed by atoms with van der Waals surface area (Å²) in [5.41, 5.74) is 6.07. The number of amides is 1. The minimum atomic E-state index is -0.650. The first-order valence-electron chi connectivity index (χ1n) is 6.32. The first kappa shape index (κ1) is 17.4. The number of carbonyl (C=O) groups excluding carboxylic acids is 1. The fourth-order valence-electron chi connectivity index (χ4n) is 1.90. The van der Waals surface area contributed by atoms with Crippen LogP contribution in [0.3, 0.4) is 0 Å². The summed E-state index contributed by atoms with van der Waals surface area (Å²) in [5.74, 6) is -0.0399. The summed E-state index contributed by atoms with van der Waals surface area (Å²) in [5, 5.41) is 9.54. The zero-order chi connectivity index (χ0) is 14.3. The topological polar surface area (TPSA) is 75.8 Å². The maximum Gasteiger partial charge on any atom is 0.223 e. The molecule has 5 nitrogen and oxygen atoms in total. The van der Waals surface area contributed by atoms with E-state index in [0.29, 0.717) is 6.42 Å². The Kier molecular flexibility index (Phi) is 7.43. The first-order chi connectivity index (χ1) is 8.15. The van der Waals surface area contributed by atoms with Crippen LogP contribution in [0.2, 0.25) is 0 Å². The fourth-order valence-corrected chi connectivity index (χ4v) is 1.90. The number of nitrogens with two attached hydrogens (primary N) is 1. The summed E-state index contributed by atoms with van der Waals surface area (Å²) < 4.78 is 4.82. The smallest absolute Gasteiger partial charge is 0.223 e. The van der Waals surface area contributed by atoms with Crippen LogP contribution < -0.4 is 5.73 Å². The minimum Gasteiger partial charge on any atom is -0.389 e. The number of likely N-dealkylation sites (N-methyl/N-ethyl adjacent to an activating group) is 1. The molecule has 0 spiro atoms. The maximum absolute atomic E-state index is 11.9. The molecule has 2 atom stereocenters. The molecule has 2 unspecified atom stereocenters. The van der Waals surface area contributed by atoms with E-state index in [1.165, 1.54) is 12.0 Å². The molecule has 0 aromatic rings. The van der Waals surface area contributed by atoms with Gasteiger partial charge in [-0.2, -0.15) is 0 Å². The molecular formula is C13H28N2O3. The van der Waals surface area contributed by atoms with Gasteiger partial charge in [0.05, 0.1) is 12.7 Å². The van der Waals surface area contributed by atoms with Gasteiger partial charge in [0.15, 0.2) is 0 Å². The summed E-state index contributed by atoms with van der Waals surface area (Å²) in [7, 11) is 3.19. The van der Waals surface area contributed by atoms with Crippen molar-refractivity contribution in [3.8, 4) is 0 Å². The SMILES string of the molecule is COCC(O)CN(C)C(=O)CC(N)CC(C)(C)C. The monoisotopic (exact) mass is 260 g/mol. The highest BCUT2D eigenvalue weighted by Crippen LogP contribution is 2.21. The van der Waals surface area contributed by atoms with Gasteiger partial charge in [-0.15, -0.1) is 0 Å². The van der Waals surface area contributed by atoms with E-state index in [1.54, 1.807) is 7.05 Å². The Morgan fingerprint density at radius 2 is 2.00 bits per heavy atom. The summed E-state index contributed by atoms with van der Waals surface area (Å²) in [6.07, 6.45) is 0.462. The van der Waals surface area contributed by atoms with E-state index in [2.05, 4.69) is 20.8 Å². The van der Waals surface area contributed by atoms with Crippen LogP contribution in [0.15, 0.2) is 0 Å². The van der Waals surface area contributed by atoms with Crippen molar-refractivity contribution in [3.63, 3.8) is 0 Å². The third-order valence-corrected chi connectivity index (χ3v) is 2.58. The normalized spacial score (nSPS) is 15.3. The average molecular weight is 260 g/mol. The van der Waals surface area contributed by atoms with Gasteiger partial charge in [-0.25, -0.2) is 0 Å². The summed E-state index contributed by atoms with van der Waals surface area (Å²) >= 11 is 0. The quantitative estimate of drug-likeness (QED) is 0.703. The predicted molar refractivity (Wildman–Crippen MR) is 72.2 cm³/mol. The molecule has 0 aromatic heterocycles. The van der Waals surface area contributed by atoms with Gasteiger partial charge in [0.1, 0.15) is 0 Å². The van der Waals surface area contributed by atoms with Crippen LogP contribution in [0.1, 0.15) is 33.6 Å². The van der Waals surface area contributed by atoms with Crippen LogP contribution >= 0.6 is 0 Å². The second-order valence-electron chi connectivity index (χ2n) is 6.11. The number of ether oxygens (including phenoxy) is 1. The van der Waals surface area contributed by atoms with Gasteiger partial charge >= 0.3 is 0 Å². The number of aliphatic hydroxyl groups is 1. The Hall–Kier alpha value is -0.650. The number of rotatable bonds is 7. The largest absolute Gasteiger partial charge is 0.389 e. The second kappa shape index (κ2) is 7.71. The van der Waals surface area contributed by atoms with Crippen LogP contribution in [0.4, 0.5) is 0 Å². The number of methoxy groups -OCH3 is 1. The van der Waals surface area contributed by atoms with Crippen molar-refractivity contribution in [2.75, 3.05) is 27.3 Å². The number of carbonyl (C=O) groups is 1. The second-order valence-corrected chi connectivity index (χ2v) is 6.11.